The lowest BCUT2D eigenvalue weighted by Gasteiger charge is -2.51. The predicted molar refractivity (Wildman–Crippen MR) is 104 cm³/mol. The Morgan fingerprint density at radius 3 is 2.69 bits per heavy atom. The predicted octanol–water partition coefficient (Wildman–Crippen LogP) is 2.30. The van der Waals surface area contributed by atoms with E-state index >= 15 is 0 Å². The van der Waals surface area contributed by atoms with Gasteiger partial charge in [0.15, 0.2) is 17.6 Å². The summed E-state index contributed by atoms with van der Waals surface area (Å²) >= 11 is 0. The Morgan fingerprint density at radius 2 is 1.97 bits per heavy atom. The van der Waals surface area contributed by atoms with Crippen molar-refractivity contribution in [1.82, 2.24) is 4.90 Å². The van der Waals surface area contributed by atoms with Crippen LogP contribution in [0.25, 0.3) is 0 Å². The molecule has 1 saturated carbocycles. The fourth-order valence-electron chi connectivity index (χ4n) is 7.43. The number of ether oxygens (including phenoxy) is 1. The maximum absolute atomic E-state index is 13.9. The molecule has 2 aliphatic carbocycles. The monoisotopic (exact) mass is 401 g/mol. The van der Waals surface area contributed by atoms with Crippen LogP contribution in [0.1, 0.15) is 53.4 Å². The smallest absolute Gasteiger partial charge is 0.314 e. The second kappa shape index (κ2) is 5.93. The van der Waals surface area contributed by atoms with Crippen LogP contribution in [0.15, 0.2) is 11.6 Å². The second-order valence-corrected chi connectivity index (χ2v) is 10.6. The van der Waals surface area contributed by atoms with Gasteiger partial charge in [-0.1, -0.05) is 38.8 Å². The topological polar surface area (TPSA) is 83.9 Å². The number of amides is 1. The normalized spacial score (nSPS) is 50.9. The van der Waals surface area contributed by atoms with E-state index in [0.717, 1.165) is 19.3 Å². The van der Waals surface area contributed by atoms with Crippen LogP contribution in [0.4, 0.5) is 0 Å². The van der Waals surface area contributed by atoms with Gasteiger partial charge in [-0.05, 0) is 49.4 Å². The van der Waals surface area contributed by atoms with Crippen molar-refractivity contribution in [3.8, 4) is 0 Å². The Bertz CT molecular complexity index is 835. The van der Waals surface area contributed by atoms with Crippen molar-refractivity contribution in [3.63, 3.8) is 0 Å². The second-order valence-electron chi connectivity index (χ2n) is 10.6. The Labute approximate surface area is 171 Å². The summed E-state index contributed by atoms with van der Waals surface area (Å²) in [5.41, 5.74) is -0.498. The molecule has 158 valence electrons. The molecule has 6 nitrogen and oxygen atoms in total. The largest absolute Gasteiger partial charge is 0.455 e. The number of hydrogen-bond donors (Lipinski definition) is 1. The Balaban J connectivity index is 1.53. The first-order valence-electron chi connectivity index (χ1n) is 11.1. The van der Waals surface area contributed by atoms with Gasteiger partial charge in [-0.25, -0.2) is 0 Å². The third-order valence-electron chi connectivity index (χ3n) is 8.86. The zero-order valence-corrected chi connectivity index (χ0v) is 17.7. The molecule has 0 radical (unpaired) electrons. The third kappa shape index (κ3) is 2.30. The molecular weight excluding hydrogens is 370 g/mol. The van der Waals surface area contributed by atoms with Crippen molar-refractivity contribution in [2.45, 2.75) is 65.2 Å². The van der Waals surface area contributed by atoms with Crippen molar-refractivity contribution in [3.05, 3.63) is 11.6 Å². The number of nitrogens with zero attached hydrogens (tertiary/aromatic N) is 1. The Hall–Kier alpha value is -1.69. The van der Waals surface area contributed by atoms with Crippen molar-refractivity contribution in [2.75, 3.05) is 6.54 Å². The summed E-state index contributed by atoms with van der Waals surface area (Å²) in [6.45, 7) is 8.98. The van der Waals surface area contributed by atoms with E-state index in [9.17, 15) is 19.5 Å². The molecule has 0 bridgehead atoms. The van der Waals surface area contributed by atoms with Crippen LogP contribution in [0.5, 0.6) is 0 Å². The Morgan fingerprint density at radius 1 is 1.24 bits per heavy atom. The quantitative estimate of drug-likeness (QED) is 0.436. The number of aliphatic hydroxyl groups is 1. The van der Waals surface area contributed by atoms with Crippen molar-refractivity contribution in [2.24, 2.45) is 40.9 Å². The van der Waals surface area contributed by atoms with E-state index < -0.39 is 29.6 Å². The lowest BCUT2D eigenvalue weighted by Crippen LogP contribution is -2.50. The molecule has 6 heteroatoms. The first-order valence-corrected chi connectivity index (χ1v) is 11.1. The van der Waals surface area contributed by atoms with Gasteiger partial charge in [0.2, 0.25) is 5.91 Å². The highest BCUT2D eigenvalue weighted by molar-refractivity contribution is 6.07. The van der Waals surface area contributed by atoms with Crippen LogP contribution in [0.2, 0.25) is 0 Å². The summed E-state index contributed by atoms with van der Waals surface area (Å²) in [6.07, 6.45) is 4.78. The summed E-state index contributed by atoms with van der Waals surface area (Å²) in [5.74, 6) is -2.22. The number of rotatable bonds is 2. The molecule has 1 amide bonds. The molecule has 29 heavy (non-hydrogen) atoms. The van der Waals surface area contributed by atoms with Gasteiger partial charge < -0.3 is 14.7 Å². The number of esters is 1. The molecule has 3 heterocycles. The van der Waals surface area contributed by atoms with Crippen LogP contribution in [0, 0.1) is 40.9 Å². The first kappa shape index (κ1) is 19.3. The van der Waals surface area contributed by atoms with Crippen LogP contribution >= 0.6 is 0 Å². The molecule has 0 spiro atoms. The van der Waals surface area contributed by atoms with Crippen molar-refractivity contribution < 1.29 is 24.2 Å². The van der Waals surface area contributed by atoms with E-state index in [2.05, 4.69) is 33.8 Å². The molecule has 0 unspecified atom stereocenters. The average molecular weight is 402 g/mol. The van der Waals surface area contributed by atoms with E-state index in [1.54, 1.807) is 0 Å². The number of hydrogen-bond acceptors (Lipinski definition) is 5. The number of ketones is 1. The Kier molecular flexibility index (Phi) is 3.94. The maximum atomic E-state index is 13.9. The van der Waals surface area contributed by atoms with E-state index in [4.69, 9.17) is 4.74 Å². The molecule has 0 aromatic heterocycles. The lowest BCUT2D eigenvalue weighted by molar-refractivity contribution is -0.151. The first-order chi connectivity index (χ1) is 13.6. The van der Waals surface area contributed by atoms with Gasteiger partial charge in [-0.3, -0.25) is 14.4 Å². The van der Waals surface area contributed by atoms with Gasteiger partial charge in [0.05, 0.1) is 0 Å². The van der Waals surface area contributed by atoms with Gasteiger partial charge in [0, 0.05) is 12.5 Å². The molecule has 5 rings (SSSR count). The van der Waals surface area contributed by atoms with Crippen molar-refractivity contribution >= 4 is 17.7 Å². The molecule has 5 aliphatic rings. The molecule has 0 aromatic carbocycles. The molecule has 3 aliphatic heterocycles. The van der Waals surface area contributed by atoms with Gasteiger partial charge in [-0.15, -0.1) is 0 Å². The van der Waals surface area contributed by atoms with Gasteiger partial charge in [-0.2, -0.15) is 0 Å². The molecule has 4 fully saturated rings. The van der Waals surface area contributed by atoms with Gasteiger partial charge in [0.1, 0.15) is 11.8 Å². The van der Waals surface area contributed by atoms with Gasteiger partial charge >= 0.3 is 5.97 Å². The van der Waals surface area contributed by atoms with Crippen molar-refractivity contribution in [1.29, 1.82) is 0 Å². The van der Waals surface area contributed by atoms with Crippen LogP contribution in [-0.4, -0.2) is 46.0 Å². The van der Waals surface area contributed by atoms with Crippen LogP contribution < -0.4 is 0 Å². The molecule has 0 aromatic rings. The summed E-state index contributed by atoms with van der Waals surface area (Å²) < 4.78 is 5.47. The minimum atomic E-state index is -1.64. The summed E-state index contributed by atoms with van der Waals surface area (Å²) in [7, 11) is 0. The number of allylic oxidation sites excluding steroid dienone is 2. The van der Waals surface area contributed by atoms with E-state index in [1.165, 1.54) is 10.5 Å². The molecule has 1 N–H and O–H groups in total. The fraction of sp³-hybridized carbons (Fsp3) is 0.783. The maximum Gasteiger partial charge on any atom is 0.314 e. The van der Waals surface area contributed by atoms with Crippen LogP contribution in [-0.2, 0) is 19.1 Å². The highest BCUT2D eigenvalue weighted by atomic mass is 16.6. The van der Waals surface area contributed by atoms with E-state index in [1.807, 2.05) is 0 Å². The molecule has 9 atom stereocenters. The number of Topliss-reactive ketones (excluding diaryl/α,β-unsaturated/α-hetero) is 1. The minimum absolute atomic E-state index is 0.0415. The molecular formula is C23H31NO5. The number of fused-ring (bicyclic) bond motifs is 1. The number of carbonyl (C=O) groups is 3. The highest BCUT2D eigenvalue weighted by Crippen LogP contribution is 2.57. The highest BCUT2D eigenvalue weighted by Gasteiger charge is 2.74. The lowest BCUT2D eigenvalue weighted by atomic mass is 9.52. The van der Waals surface area contributed by atoms with Crippen LogP contribution in [0.3, 0.4) is 0 Å². The number of carbonyl (C=O) groups excluding carboxylic acids is 3. The fourth-order valence-corrected chi connectivity index (χ4v) is 7.43. The average Bonchev–Trinajstić information content (AvgIpc) is 3.18. The zero-order chi connectivity index (χ0) is 20.9. The minimum Gasteiger partial charge on any atom is -0.455 e. The summed E-state index contributed by atoms with van der Waals surface area (Å²) in [5, 5.41) is 11.2. The standard InChI is InChI=1S/C23H31NO5/c1-11-5-6-14-16(13(3)12(2)10-22(14,4)9-11)18(25)17-19-23(28)15(21(27)29-19)7-8-24(23)20(17)26/h10-11,13-17,19,28H,5-9H2,1-4H3/t11-,13+,14+,15+,16-,17-,19+,22-,23-/m1/s1. The SMILES string of the molecule is CC1=C[C@@]2(C)C[C@H](C)CC[C@H]2[C@H](C(=O)[C@H]2C(=O)N3CC[C@H]4C(=O)O[C@@H]2[C@]43O)[C@H]1C. The zero-order valence-electron chi connectivity index (χ0n) is 17.7. The third-order valence-corrected chi connectivity index (χ3v) is 8.86. The summed E-state index contributed by atoms with van der Waals surface area (Å²) in [4.78, 5) is 40.8. The molecule has 3 saturated heterocycles. The van der Waals surface area contributed by atoms with E-state index in [0.29, 0.717) is 18.9 Å². The summed E-state index contributed by atoms with van der Waals surface area (Å²) in [6, 6.07) is 0. The van der Waals surface area contributed by atoms with Gasteiger partial charge in [0.25, 0.3) is 0 Å². The van der Waals surface area contributed by atoms with E-state index in [-0.39, 0.29) is 34.9 Å².